The van der Waals surface area contributed by atoms with Crippen molar-refractivity contribution >= 4 is 0 Å². The molecule has 0 saturated heterocycles. The highest BCUT2D eigenvalue weighted by Crippen LogP contribution is 2.57. The van der Waals surface area contributed by atoms with E-state index in [4.69, 9.17) is 0 Å². The molecule has 3 aliphatic carbocycles. The maximum absolute atomic E-state index is 2.65. The third-order valence-electron chi connectivity index (χ3n) is 11.1. The van der Waals surface area contributed by atoms with Gasteiger partial charge >= 0.3 is 0 Å². The molecule has 3 rings (SSSR count). The van der Waals surface area contributed by atoms with Crippen LogP contribution in [0.2, 0.25) is 0 Å². The topological polar surface area (TPSA) is 0 Å². The van der Waals surface area contributed by atoms with Gasteiger partial charge in [-0.05, 0) is 116 Å². The van der Waals surface area contributed by atoms with Crippen LogP contribution in [0.5, 0.6) is 0 Å². The Morgan fingerprint density at radius 2 is 1.55 bits per heavy atom. The molecule has 0 nitrogen and oxygen atoms in total. The van der Waals surface area contributed by atoms with Crippen molar-refractivity contribution in [2.45, 2.75) is 151 Å². The second-order valence-electron chi connectivity index (χ2n) is 14.7. The molecule has 3 saturated carbocycles. The van der Waals surface area contributed by atoms with E-state index in [1.165, 1.54) is 57.8 Å². The monoisotopic (exact) mass is 458 g/mol. The molecule has 0 heterocycles. The van der Waals surface area contributed by atoms with E-state index in [2.05, 4.69) is 48.5 Å². The first kappa shape index (κ1) is 27.6. The lowest BCUT2D eigenvalue weighted by Crippen LogP contribution is -2.24. The summed E-state index contributed by atoms with van der Waals surface area (Å²) < 4.78 is 0. The highest BCUT2D eigenvalue weighted by atomic mass is 14.5. The second-order valence-corrected chi connectivity index (χ2v) is 14.7. The van der Waals surface area contributed by atoms with E-state index in [0.29, 0.717) is 5.41 Å². The Morgan fingerprint density at radius 3 is 2.18 bits per heavy atom. The van der Waals surface area contributed by atoms with Crippen LogP contribution in [-0.2, 0) is 0 Å². The maximum atomic E-state index is 2.65. The summed E-state index contributed by atoms with van der Waals surface area (Å²) in [4.78, 5) is 0. The van der Waals surface area contributed by atoms with Gasteiger partial charge in [0.05, 0.1) is 0 Å². The molecule has 7 atom stereocenters. The number of fused-ring (bicyclic) bond motifs is 1. The van der Waals surface area contributed by atoms with Crippen LogP contribution < -0.4 is 0 Å². The number of rotatable bonds is 13. The lowest BCUT2D eigenvalue weighted by Gasteiger charge is -2.36. The highest BCUT2D eigenvalue weighted by Gasteiger charge is 2.46. The molecule has 0 aromatic carbocycles. The van der Waals surface area contributed by atoms with Crippen LogP contribution in [0.1, 0.15) is 151 Å². The van der Waals surface area contributed by atoms with E-state index >= 15 is 0 Å². The van der Waals surface area contributed by atoms with Gasteiger partial charge in [0.1, 0.15) is 0 Å². The molecule has 0 radical (unpaired) electrons. The zero-order valence-electron chi connectivity index (χ0n) is 24.0. The Kier molecular flexibility index (Phi) is 10.7. The smallest absolute Gasteiger partial charge is 0.0320 e. The first-order valence-corrected chi connectivity index (χ1v) is 15.7. The molecule has 6 unspecified atom stereocenters. The van der Waals surface area contributed by atoms with Gasteiger partial charge in [0.15, 0.2) is 0 Å². The Labute approximate surface area is 209 Å². The van der Waals surface area contributed by atoms with Crippen LogP contribution in [0.4, 0.5) is 0 Å². The third-order valence-corrected chi connectivity index (χ3v) is 11.1. The SMILES string of the molecule is CCC(C)CC[C@@H](CC(C)CC(C)C)C1CCC(CCCC2(C)CC3CCC(C)C3C2)CC1. The van der Waals surface area contributed by atoms with Crippen molar-refractivity contribution in [3.8, 4) is 0 Å². The molecule has 0 N–H and O–H groups in total. The fraction of sp³-hybridized carbons (Fsp3) is 1.00. The standard InChI is InChI=1S/C33H62/c1-8-25(4)11-15-30(21-26(5)20-24(2)3)29-17-13-28(14-18-29)10-9-19-33(7)22-31-16-12-27(6)32(31)23-33/h24-32H,8-23H2,1-7H3/t25?,26?,27?,28?,29?,30-,31?,32?,33?/m0/s1. The van der Waals surface area contributed by atoms with Gasteiger partial charge in [0.2, 0.25) is 0 Å². The second kappa shape index (κ2) is 12.8. The molecular weight excluding hydrogens is 396 g/mol. The minimum Gasteiger partial charge on any atom is -0.0651 e. The van der Waals surface area contributed by atoms with Crippen molar-refractivity contribution in [1.82, 2.24) is 0 Å². The summed E-state index contributed by atoms with van der Waals surface area (Å²) in [5.41, 5.74) is 0.689. The van der Waals surface area contributed by atoms with E-state index < -0.39 is 0 Å². The van der Waals surface area contributed by atoms with E-state index in [1.807, 2.05) is 0 Å². The molecule has 194 valence electrons. The van der Waals surface area contributed by atoms with Crippen molar-refractivity contribution in [1.29, 1.82) is 0 Å². The van der Waals surface area contributed by atoms with Crippen molar-refractivity contribution in [2.75, 3.05) is 0 Å². The predicted molar refractivity (Wildman–Crippen MR) is 147 cm³/mol. The fourth-order valence-corrected chi connectivity index (χ4v) is 8.91. The van der Waals surface area contributed by atoms with E-state index in [1.54, 1.807) is 44.9 Å². The third kappa shape index (κ3) is 8.27. The molecular formula is C33H62. The lowest BCUT2D eigenvalue weighted by molar-refractivity contribution is 0.152. The quantitative estimate of drug-likeness (QED) is 0.257. The Hall–Kier alpha value is 0. The molecule has 0 aromatic rings. The summed E-state index contributed by atoms with van der Waals surface area (Å²) >= 11 is 0. The molecule has 0 bridgehead atoms. The van der Waals surface area contributed by atoms with Crippen LogP contribution in [-0.4, -0.2) is 0 Å². The van der Waals surface area contributed by atoms with Gasteiger partial charge in [-0.3, -0.25) is 0 Å². The van der Waals surface area contributed by atoms with Crippen LogP contribution in [0.25, 0.3) is 0 Å². The van der Waals surface area contributed by atoms with Gasteiger partial charge < -0.3 is 0 Å². The summed E-state index contributed by atoms with van der Waals surface area (Å²) in [6, 6.07) is 0. The summed E-state index contributed by atoms with van der Waals surface area (Å²) in [7, 11) is 0. The summed E-state index contributed by atoms with van der Waals surface area (Å²) in [5.74, 6) is 8.97. The van der Waals surface area contributed by atoms with Crippen molar-refractivity contribution in [2.24, 2.45) is 58.7 Å². The lowest BCUT2D eigenvalue weighted by atomic mass is 9.69. The van der Waals surface area contributed by atoms with E-state index in [-0.39, 0.29) is 0 Å². The van der Waals surface area contributed by atoms with Crippen molar-refractivity contribution < 1.29 is 0 Å². The van der Waals surface area contributed by atoms with Crippen LogP contribution >= 0.6 is 0 Å². The average molecular weight is 459 g/mol. The Balaban J connectivity index is 1.40. The molecule has 3 fully saturated rings. The minimum absolute atomic E-state index is 0.689. The molecule has 3 aliphatic rings. The number of hydrogen-bond acceptors (Lipinski definition) is 0. The van der Waals surface area contributed by atoms with Gasteiger partial charge in [-0.25, -0.2) is 0 Å². The maximum Gasteiger partial charge on any atom is -0.0320 e. The molecule has 0 amide bonds. The summed E-state index contributed by atoms with van der Waals surface area (Å²) in [6.45, 7) is 17.4. The van der Waals surface area contributed by atoms with Crippen molar-refractivity contribution in [3.63, 3.8) is 0 Å². The zero-order chi connectivity index (χ0) is 24.0. The highest BCUT2D eigenvalue weighted by molar-refractivity contribution is 4.97. The molecule has 33 heavy (non-hydrogen) atoms. The molecule has 0 aliphatic heterocycles. The van der Waals surface area contributed by atoms with Gasteiger partial charge in [0.25, 0.3) is 0 Å². The van der Waals surface area contributed by atoms with Gasteiger partial charge in [-0.15, -0.1) is 0 Å². The van der Waals surface area contributed by atoms with Crippen LogP contribution in [0, 0.1) is 58.7 Å². The van der Waals surface area contributed by atoms with E-state index in [9.17, 15) is 0 Å². The fourth-order valence-electron chi connectivity index (χ4n) is 8.91. The Morgan fingerprint density at radius 1 is 0.818 bits per heavy atom. The normalized spacial score (nSPS) is 37.3. The number of hydrogen-bond donors (Lipinski definition) is 0. The van der Waals surface area contributed by atoms with Gasteiger partial charge in [0, 0.05) is 0 Å². The van der Waals surface area contributed by atoms with Crippen LogP contribution in [0.15, 0.2) is 0 Å². The Bertz CT molecular complexity index is 540. The first-order valence-electron chi connectivity index (χ1n) is 15.7. The van der Waals surface area contributed by atoms with Crippen LogP contribution in [0.3, 0.4) is 0 Å². The van der Waals surface area contributed by atoms with E-state index in [0.717, 1.165) is 53.3 Å². The molecule has 0 aromatic heterocycles. The molecule has 0 spiro atoms. The van der Waals surface area contributed by atoms with Crippen molar-refractivity contribution in [3.05, 3.63) is 0 Å². The minimum atomic E-state index is 0.689. The summed E-state index contributed by atoms with van der Waals surface area (Å²) in [5, 5.41) is 0. The van der Waals surface area contributed by atoms with Gasteiger partial charge in [-0.1, -0.05) is 93.4 Å². The van der Waals surface area contributed by atoms with Gasteiger partial charge in [-0.2, -0.15) is 0 Å². The average Bonchev–Trinajstić information content (AvgIpc) is 3.27. The molecule has 0 heteroatoms. The largest absolute Gasteiger partial charge is 0.0651 e. The predicted octanol–water partition coefficient (Wildman–Crippen LogP) is 10.9. The zero-order valence-corrected chi connectivity index (χ0v) is 24.0. The summed E-state index contributed by atoms with van der Waals surface area (Å²) in [6.07, 6.45) is 24.2. The first-order chi connectivity index (χ1) is 15.7.